The minimum Gasteiger partial charge on any atom is -0.396 e. The lowest BCUT2D eigenvalue weighted by Crippen LogP contribution is -2.42. The summed E-state index contributed by atoms with van der Waals surface area (Å²) in [5.41, 5.74) is 1.78. The van der Waals surface area contributed by atoms with E-state index in [-0.39, 0.29) is 12.1 Å². The smallest absolute Gasteiger partial charge is 0.0969 e. The zero-order valence-electron chi connectivity index (χ0n) is 12.1. The van der Waals surface area contributed by atoms with Gasteiger partial charge in [0.05, 0.1) is 17.6 Å². The molecule has 1 aromatic heterocycles. The number of hydrogen-bond acceptors (Lipinski definition) is 4. The lowest BCUT2D eigenvalue weighted by molar-refractivity contribution is 0.214. The molecule has 0 amide bonds. The van der Waals surface area contributed by atoms with E-state index in [1.807, 2.05) is 30.3 Å². The highest BCUT2D eigenvalue weighted by molar-refractivity contribution is 5.28. The Hall–Kier alpha value is -1.72. The molecule has 5 heteroatoms. The molecular weight excluding hydrogens is 252 g/mol. The first-order valence-corrected chi connectivity index (χ1v) is 6.99. The van der Waals surface area contributed by atoms with Gasteiger partial charge >= 0.3 is 0 Å². The van der Waals surface area contributed by atoms with Crippen molar-refractivity contribution in [1.82, 2.24) is 20.3 Å². The molecule has 1 aromatic carbocycles. The second-order valence-electron chi connectivity index (χ2n) is 5.20. The number of rotatable bonds is 7. The second-order valence-corrected chi connectivity index (χ2v) is 5.20. The highest BCUT2D eigenvalue weighted by atomic mass is 16.3. The van der Waals surface area contributed by atoms with Crippen LogP contribution in [0.1, 0.15) is 32.4 Å². The molecule has 5 nitrogen and oxygen atoms in total. The molecule has 2 N–H and O–H groups in total. The summed E-state index contributed by atoms with van der Waals surface area (Å²) in [6, 6.07) is 9.84. The summed E-state index contributed by atoms with van der Waals surface area (Å²) < 4.78 is 0. The number of hydrogen-bond donors (Lipinski definition) is 2. The Kier molecular flexibility index (Phi) is 4.87. The molecule has 20 heavy (non-hydrogen) atoms. The summed E-state index contributed by atoms with van der Waals surface area (Å²) in [5, 5.41) is 21.3. The Morgan fingerprint density at radius 2 is 2.05 bits per heavy atom. The van der Waals surface area contributed by atoms with Crippen LogP contribution in [0.4, 0.5) is 0 Å². The highest BCUT2D eigenvalue weighted by Crippen LogP contribution is 2.14. The van der Waals surface area contributed by atoms with Gasteiger partial charge in [-0.3, -0.25) is 0 Å². The topological polar surface area (TPSA) is 63.0 Å². The maximum Gasteiger partial charge on any atom is 0.0969 e. The van der Waals surface area contributed by atoms with Crippen LogP contribution in [0.5, 0.6) is 0 Å². The van der Waals surface area contributed by atoms with Gasteiger partial charge in [-0.15, -0.1) is 0 Å². The van der Waals surface area contributed by atoms with Gasteiger partial charge in [0.1, 0.15) is 0 Å². The number of aliphatic hydroxyl groups excluding tert-OH is 1. The van der Waals surface area contributed by atoms with E-state index in [9.17, 15) is 0 Å². The Labute approximate surface area is 119 Å². The summed E-state index contributed by atoms with van der Waals surface area (Å²) in [7, 11) is 0. The first-order valence-electron chi connectivity index (χ1n) is 6.99. The van der Waals surface area contributed by atoms with Crippen LogP contribution in [0.25, 0.3) is 5.69 Å². The van der Waals surface area contributed by atoms with Crippen LogP contribution >= 0.6 is 0 Å². The third-order valence-electron chi connectivity index (χ3n) is 3.67. The average Bonchev–Trinajstić information content (AvgIpc) is 2.95. The van der Waals surface area contributed by atoms with Crippen molar-refractivity contribution >= 4 is 0 Å². The molecule has 0 saturated heterocycles. The molecule has 0 aliphatic heterocycles. The van der Waals surface area contributed by atoms with E-state index >= 15 is 0 Å². The van der Waals surface area contributed by atoms with Gasteiger partial charge in [0.25, 0.3) is 0 Å². The minimum atomic E-state index is -0.0642. The fourth-order valence-electron chi connectivity index (χ4n) is 2.00. The van der Waals surface area contributed by atoms with E-state index in [0.717, 1.165) is 24.2 Å². The zero-order valence-corrected chi connectivity index (χ0v) is 12.1. The van der Waals surface area contributed by atoms with Gasteiger partial charge in [-0.05, 0) is 31.9 Å². The fourth-order valence-corrected chi connectivity index (χ4v) is 2.00. The molecule has 0 aliphatic rings. The van der Waals surface area contributed by atoms with Gasteiger partial charge in [0.15, 0.2) is 0 Å². The minimum absolute atomic E-state index is 0.0642. The Bertz CT molecular complexity index is 526. The van der Waals surface area contributed by atoms with Gasteiger partial charge in [0, 0.05) is 18.7 Å². The molecule has 0 bridgehead atoms. The summed E-state index contributed by atoms with van der Waals surface area (Å²) in [6.45, 7) is 5.07. The van der Waals surface area contributed by atoms with E-state index in [0.29, 0.717) is 6.54 Å². The summed E-state index contributed by atoms with van der Waals surface area (Å²) in [4.78, 5) is 1.63. The summed E-state index contributed by atoms with van der Waals surface area (Å²) in [5.74, 6) is 0. The van der Waals surface area contributed by atoms with Crippen LogP contribution in [0.15, 0.2) is 36.5 Å². The van der Waals surface area contributed by atoms with Gasteiger partial charge in [-0.1, -0.05) is 25.1 Å². The van der Waals surface area contributed by atoms with Crippen molar-refractivity contribution in [3.8, 4) is 5.69 Å². The van der Waals surface area contributed by atoms with Crippen molar-refractivity contribution in [3.63, 3.8) is 0 Å². The predicted molar refractivity (Wildman–Crippen MR) is 78.6 cm³/mol. The van der Waals surface area contributed by atoms with E-state index < -0.39 is 0 Å². The molecule has 0 spiro atoms. The highest BCUT2D eigenvalue weighted by Gasteiger charge is 2.20. The molecule has 1 unspecified atom stereocenters. The predicted octanol–water partition coefficient (Wildman–Crippen LogP) is 1.91. The monoisotopic (exact) mass is 274 g/mol. The molecule has 0 aliphatic carbocycles. The maximum absolute atomic E-state index is 9.11. The first-order chi connectivity index (χ1) is 9.67. The quantitative estimate of drug-likeness (QED) is 0.809. The number of nitrogens with zero attached hydrogens (tertiary/aromatic N) is 3. The average molecular weight is 274 g/mol. The van der Waals surface area contributed by atoms with E-state index in [4.69, 9.17) is 5.11 Å². The molecule has 2 aromatic rings. The van der Waals surface area contributed by atoms with Gasteiger partial charge < -0.3 is 10.4 Å². The van der Waals surface area contributed by atoms with E-state index in [1.165, 1.54) is 0 Å². The van der Waals surface area contributed by atoms with E-state index in [1.54, 1.807) is 11.0 Å². The third-order valence-corrected chi connectivity index (χ3v) is 3.67. The van der Waals surface area contributed by atoms with Crippen molar-refractivity contribution in [2.24, 2.45) is 0 Å². The zero-order chi connectivity index (χ0) is 14.4. The SMILES string of the molecule is CCC(C)(CCO)NCc1cnn(-c2ccccc2)n1. The summed E-state index contributed by atoms with van der Waals surface area (Å²) >= 11 is 0. The van der Waals surface area contributed by atoms with Crippen LogP contribution < -0.4 is 5.32 Å². The van der Waals surface area contributed by atoms with Crippen LogP contribution in [-0.2, 0) is 6.54 Å². The maximum atomic E-state index is 9.11. The molecule has 0 fully saturated rings. The molecular formula is C15H22N4O. The van der Waals surface area contributed by atoms with Crippen LogP contribution in [0.2, 0.25) is 0 Å². The van der Waals surface area contributed by atoms with Crippen molar-refractivity contribution in [2.75, 3.05) is 6.61 Å². The van der Waals surface area contributed by atoms with Crippen LogP contribution in [0, 0.1) is 0 Å². The lowest BCUT2D eigenvalue weighted by atomic mass is 9.95. The van der Waals surface area contributed by atoms with Crippen molar-refractivity contribution in [3.05, 3.63) is 42.2 Å². The van der Waals surface area contributed by atoms with Crippen molar-refractivity contribution in [1.29, 1.82) is 0 Å². The number of nitrogens with one attached hydrogen (secondary N) is 1. The Balaban J connectivity index is 2.00. The first kappa shape index (κ1) is 14.7. The largest absolute Gasteiger partial charge is 0.396 e. The van der Waals surface area contributed by atoms with Crippen LogP contribution in [0.3, 0.4) is 0 Å². The standard InChI is InChI=1S/C15H22N4O/c1-3-15(2,9-10-20)16-11-13-12-17-19(18-13)14-7-5-4-6-8-14/h4-8,12,16,20H,3,9-11H2,1-2H3. The number of aliphatic hydroxyl groups is 1. The van der Waals surface area contributed by atoms with Crippen molar-refractivity contribution < 1.29 is 5.11 Å². The molecule has 0 saturated carbocycles. The number of benzene rings is 1. The normalized spacial score (nSPS) is 14.2. The molecule has 2 rings (SSSR count). The molecule has 0 radical (unpaired) electrons. The number of para-hydroxylation sites is 1. The van der Waals surface area contributed by atoms with Gasteiger partial charge in [-0.2, -0.15) is 15.0 Å². The van der Waals surface area contributed by atoms with E-state index in [2.05, 4.69) is 29.4 Å². The molecule has 1 heterocycles. The van der Waals surface area contributed by atoms with Crippen molar-refractivity contribution in [2.45, 2.75) is 38.8 Å². The van der Waals surface area contributed by atoms with Gasteiger partial charge in [0.2, 0.25) is 0 Å². The Morgan fingerprint density at radius 1 is 1.30 bits per heavy atom. The fraction of sp³-hybridized carbons (Fsp3) is 0.467. The number of aromatic nitrogens is 3. The summed E-state index contributed by atoms with van der Waals surface area (Å²) in [6.07, 6.45) is 3.46. The second kappa shape index (κ2) is 6.63. The third kappa shape index (κ3) is 3.65. The molecule has 1 atom stereocenters. The van der Waals surface area contributed by atoms with Crippen LogP contribution in [-0.4, -0.2) is 32.2 Å². The lowest BCUT2D eigenvalue weighted by Gasteiger charge is -2.28. The molecule has 108 valence electrons. The van der Waals surface area contributed by atoms with Gasteiger partial charge in [-0.25, -0.2) is 0 Å². The Morgan fingerprint density at radius 3 is 2.70 bits per heavy atom.